The van der Waals surface area contributed by atoms with E-state index in [0.717, 1.165) is 34.0 Å². The van der Waals surface area contributed by atoms with E-state index in [0.29, 0.717) is 18.4 Å². The van der Waals surface area contributed by atoms with Crippen molar-refractivity contribution in [3.63, 3.8) is 0 Å². The number of likely N-dealkylation sites (N-methyl/N-ethyl adjacent to an activating group) is 1. The topological polar surface area (TPSA) is 79.4 Å². The number of anilines is 1. The predicted molar refractivity (Wildman–Crippen MR) is 107 cm³/mol. The lowest BCUT2D eigenvalue weighted by Gasteiger charge is -2.32. The molecule has 2 aromatic carbocycles. The minimum Gasteiger partial charge on any atom is -0.362 e. The number of hydrogen-bond acceptors (Lipinski definition) is 5. The summed E-state index contributed by atoms with van der Waals surface area (Å²) in [5.74, 6) is -0.567. The highest BCUT2D eigenvalue weighted by molar-refractivity contribution is 6.11. The van der Waals surface area contributed by atoms with E-state index in [4.69, 9.17) is 0 Å². The molecule has 1 fully saturated rings. The fraction of sp³-hybridized carbons (Fsp3) is 0.182. The van der Waals surface area contributed by atoms with Crippen LogP contribution in [0.3, 0.4) is 0 Å². The number of fused-ring (bicyclic) bond motifs is 1. The van der Waals surface area contributed by atoms with E-state index in [1.807, 2.05) is 54.4 Å². The summed E-state index contributed by atoms with van der Waals surface area (Å²) < 4.78 is 0. The summed E-state index contributed by atoms with van der Waals surface area (Å²) in [5, 5.41) is 4.05. The molecule has 0 bridgehead atoms. The highest BCUT2D eigenvalue weighted by atomic mass is 16.2. The second kappa shape index (κ2) is 7.23. The molecule has 1 unspecified atom stereocenters. The van der Waals surface area contributed by atoms with Gasteiger partial charge in [-0.2, -0.15) is 0 Å². The quantitative estimate of drug-likeness (QED) is 0.562. The van der Waals surface area contributed by atoms with Crippen molar-refractivity contribution in [2.75, 3.05) is 11.9 Å². The van der Waals surface area contributed by atoms with Crippen LogP contribution in [0.2, 0.25) is 0 Å². The average molecular weight is 373 g/mol. The summed E-state index contributed by atoms with van der Waals surface area (Å²) in [6, 6.07) is 14.6. The van der Waals surface area contributed by atoms with Crippen LogP contribution in [0.1, 0.15) is 23.2 Å². The number of carbonyl (C=O) groups is 3. The number of aldehydes is 1. The SMILES string of the molecule is CN(c1cccc2c(-c3ccccn3)ccc(C=O)c12)C1CCC(=O)NC1=O. The van der Waals surface area contributed by atoms with Crippen molar-refractivity contribution in [1.82, 2.24) is 10.3 Å². The zero-order valence-electron chi connectivity index (χ0n) is 15.4. The number of amides is 2. The molecule has 1 aliphatic heterocycles. The summed E-state index contributed by atoms with van der Waals surface area (Å²) in [4.78, 5) is 41.9. The number of aromatic nitrogens is 1. The normalized spacial score (nSPS) is 16.7. The predicted octanol–water partition coefficient (Wildman–Crippen LogP) is 2.96. The molecule has 0 saturated carbocycles. The van der Waals surface area contributed by atoms with Gasteiger partial charge in [-0.3, -0.25) is 24.7 Å². The third kappa shape index (κ3) is 3.03. The molecular weight excluding hydrogens is 354 g/mol. The number of carbonyl (C=O) groups excluding carboxylic acids is 3. The number of piperidine rings is 1. The van der Waals surface area contributed by atoms with Gasteiger partial charge in [-0.05, 0) is 30.0 Å². The highest BCUT2D eigenvalue weighted by Crippen LogP contribution is 2.36. The van der Waals surface area contributed by atoms with Gasteiger partial charge in [0.15, 0.2) is 6.29 Å². The third-order valence-electron chi connectivity index (χ3n) is 5.18. The maximum Gasteiger partial charge on any atom is 0.249 e. The van der Waals surface area contributed by atoms with Crippen LogP contribution in [0.15, 0.2) is 54.7 Å². The van der Waals surface area contributed by atoms with Gasteiger partial charge in [-0.25, -0.2) is 0 Å². The van der Waals surface area contributed by atoms with Gasteiger partial charge in [0.25, 0.3) is 0 Å². The fourth-order valence-corrected chi connectivity index (χ4v) is 3.77. The Morgan fingerprint density at radius 2 is 1.96 bits per heavy atom. The van der Waals surface area contributed by atoms with Crippen molar-refractivity contribution in [2.24, 2.45) is 0 Å². The molecule has 6 nitrogen and oxygen atoms in total. The minimum absolute atomic E-state index is 0.251. The van der Waals surface area contributed by atoms with Crippen molar-refractivity contribution in [3.8, 4) is 11.3 Å². The first-order valence-corrected chi connectivity index (χ1v) is 9.09. The Hall–Kier alpha value is -3.54. The number of imide groups is 1. The van der Waals surface area contributed by atoms with E-state index in [-0.39, 0.29) is 11.8 Å². The Kier molecular flexibility index (Phi) is 4.61. The van der Waals surface area contributed by atoms with Gasteiger partial charge in [0, 0.05) is 41.9 Å². The van der Waals surface area contributed by atoms with E-state index < -0.39 is 6.04 Å². The zero-order chi connectivity index (χ0) is 19.7. The van der Waals surface area contributed by atoms with E-state index in [1.165, 1.54) is 0 Å². The molecule has 140 valence electrons. The van der Waals surface area contributed by atoms with Crippen LogP contribution in [0.25, 0.3) is 22.0 Å². The lowest BCUT2D eigenvalue weighted by Crippen LogP contribution is -2.51. The molecule has 1 aromatic heterocycles. The number of nitrogens with one attached hydrogen (secondary N) is 1. The Bertz CT molecular complexity index is 1080. The van der Waals surface area contributed by atoms with Gasteiger partial charge in [-0.15, -0.1) is 0 Å². The second-order valence-corrected chi connectivity index (χ2v) is 6.81. The van der Waals surface area contributed by atoms with Gasteiger partial charge >= 0.3 is 0 Å². The number of nitrogens with zero attached hydrogens (tertiary/aromatic N) is 2. The van der Waals surface area contributed by atoms with Gasteiger partial charge in [0.05, 0.1) is 5.69 Å². The Morgan fingerprint density at radius 3 is 2.68 bits per heavy atom. The van der Waals surface area contributed by atoms with E-state index in [9.17, 15) is 14.4 Å². The smallest absolute Gasteiger partial charge is 0.249 e. The Morgan fingerprint density at radius 1 is 1.11 bits per heavy atom. The molecule has 2 amide bonds. The largest absolute Gasteiger partial charge is 0.362 e. The van der Waals surface area contributed by atoms with Crippen molar-refractivity contribution in [1.29, 1.82) is 0 Å². The first kappa shape index (κ1) is 17.9. The average Bonchev–Trinajstić information content (AvgIpc) is 2.72. The van der Waals surface area contributed by atoms with Gasteiger partial charge in [-0.1, -0.05) is 30.3 Å². The molecule has 1 N–H and O–H groups in total. The maximum atomic E-state index is 12.3. The van der Waals surface area contributed by atoms with Gasteiger partial charge in [0.1, 0.15) is 6.04 Å². The molecule has 0 aliphatic carbocycles. The van der Waals surface area contributed by atoms with Crippen LogP contribution in [0.4, 0.5) is 5.69 Å². The number of benzene rings is 2. The highest BCUT2D eigenvalue weighted by Gasteiger charge is 2.31. The van der Waals surface area contributed by atoms with Crippen molar-refractivity contribution >= 4 is 34.6 Å². The minimum atomic E-state index is -0.471. The van der Waals surface area contributed by atoms with E-state index >= 15 is 0 Å². The van der Waals surface area contributed by atoms with Crippen molar-refractivity contribution in [2.45, 2.75) is 18.9 Å². The molecule has 6 heteroatoms. The van der Waals surface area contributed by atoms with E-state index in [1.54, 1.807) is 12.3 Å². The maximum absolute atomic E-state index is 12.3. The molecule has 2 heterocycles. The van der Waals surface area contributed by atoms with Crippen LogP contribution < -0.4 is 10.2 Å². The monoisotopic (exact) mass is 373 g/mol. The number of hydrogen-bond donors (Lipinski definition) is 1. The fourth-order valence-electron chi connectivity index (χ4n) is 3.77. The lowest BCUT2D eigenvalue weighted by atomic mass is 9.95. The second-order valence-electron chi connectivity index (χ2n) is 6.81. The van der Waals surface area contributed by atoms with E-state index in [2.05, 4.69) is 10.3 Å². The lowest BCUT2D eigenvalue weighted by molar-refractivity contribution is -0.134. The standard InChI is InChI=1S/C22H19N3O3/c1-25(19-10-11-20(27)24-22(19)28)18-7-4-5-16-15(17-6-2-3-12-23-17)9-8-14(13-26)21(16)18/h2-9,12-13,19H,10-11H2,1H3,(H,24,27,28). The molecule has 1 atom stereocenters. The summed E-state index contributed by atoms with van der Waals surface area (Å²) in [6.07, 6.45) is 3.29. The van der Waals surface area contributed by atoms with Crippen LogP contribution in [0.5, 0.6) is 0 Å². The molecule has 1 aliphatic rings. The van der Waals surface area contributed by atoms with Crippen LogP contribution >= 0.6 is 0 Å². The molecule has 28 heavy (non-hydrogen) atoms. The summed E-state index contributed by atoms with van der Waals surface area (Å²) in [7, 11) is 1.82. The first-order chi connectivity index (χ1) is 13.6. The van der Waals surface area contributed by atoms with Crippen molar-refractivity contribution < 1.29 is 14.4 Å². The Balaban J connectivity index is 1.89. The summed E-state index contributed by atoms with van der Waals surface area (Å²) >= 11 is 0. The molecule has 0 spiro atoms. The zero-order valence-corrected chi connectivity index (χ0v) is 15.4. The molecule has 3 aromatic rings. The number of pyridine rings is 1. The van der Waals surface area contributed by atoms with Gasteiger partial charge in [0.2, 0.25) is 11.8 Å². The van der Waals surface area contributed by atoms with Gasteiger partial charge < -0.3 is 4.90 Å². The summed E-state index contributed by atoms with van der Waals surface area (Å²) in [6.45, 7) is 0. The first-order valence-electron chi connectivity index (χ1n) is 9.09. The number of rotatable bonds is 4. The molecule has 1 saturated heterocycles. The van der Waals surface area contributed by atoms with Crippen LogP contribution in [0, 0.1) is 0 Å². The molecule has 0 radical (unpaired) electrons. The Labute approximate surface area is 162 Å². The summed E-state index contributed by atoms with van der Waals surface area (Å²) in [5.41, 5.74) is 3.04. The third-order valence-corrected chi connectivity index (χ3v) is 5.18. The van der Waals surface area contributed by atoms with Crippen LogP contribution in [-0.2, 0) is 9.59 Å². The molecular formula is C22H19N3O3. The van der Waals surface area contributed by atoms with Crippen molar-refractivity contribution in [3.05, 3.63) is 60.3 Å². The van der Waals surface area contributed by atoms with Crippen LogP contribution in [-0.4, -0.2) is 36.2 Å². The molecule has 4 rings (SSSR count).